The van der Waals surface area contributed by atoms with E-state index in [9.17, 15) is 0 Å². The fraction of sp³-hybridized carbons (Fsp3) is 0.833. The molecule has 3 nitrogen and oxygen atoms in total. The van der Waals surface area contributed by atoms with Gasteiger partial charge in [0.05, 0.1) is 12.7 Å². The number of ether oxygens (including phenoxy) is 3. The van der Waals surface area contributed by atoms with Crippen LogP contribution in [0.1, 0.15) is 26.7 Å². The summed E-state index contributed by atoms with van der Waals surface area (Å²) in [7, 11) is 1.70. The van der Waals surface area contributed by atoms with Gasteiger partial charge >= 0.3 is 0 Å². The monoisotopic (exact) mass is 212 g/mol. The molecule has 0 aromatic rings. The standard InChI is InChI=1S/C12H20O3/c1-8-5-9(6-8)11-10(7-13-4)14-12(2,3)15-11/h9-11H,1,5-7H2,2-4H3/t10-,11+/m0/s1. The molecule has 2 rings (SSSR count). The highest BCUT2D eigenvalue weighted by Crippen LogP contribution is 2.42. The Morgan fingerprint density at radius 1 is 1.40 bits per heavy atom. The topological polar surface area (TPSA) is 27.7 Å². The fourth-order valence-corrected chi connectivity index (χ4v) is 2.47. The van der Waals surface area contributed by atoms with Crippen LogP contribution in [0.3, 0.4) is 0 Å². The quantitative estimate of drug-likeness (QED) is 0.671. The summed E-state index contributed by atoms with van der Waals surface area (Å²) in [6.45, 7) is 8.49. The largest absolute Gasteiger partial charge is 0.382 e. The Balaban J connectivity index is 1.98. The van der Waals surface area contributed by atoms with E-state index in [-0.39, 0.29) is 12.2 Å². The summed E-state index contributed by atoms with van der Waals surface area (Å²) in [5.74, 6) is 0.101. The van der Waals surface area contributed by atoms with Crippen molar-refractivity contribution in [3.8, 4) is 0 Å². The molecule has 2 atom stereocenters. The molecule has 0 unspecified atom stereocenters. The molecule has 3 heteroatoms. The summed E-state index contributed by atoms with van der Waals surface area (Å²) < 4.78 is 16.9. The number of hydrogen-bond acceptors (Lipinski definition) is 3. The van der Waals surface area contributed by atoms with Crippen LogP contribution in [0, 0.1) is 5.92 Å². The molecule has 2 aliphatic rings. The minimum atomic E-state index is -0.467. The second-order valence-corrected chi connectivity index (χ2v) is 5.01. The third-order valence-corrected chi connectivity index (χ3v) is 3.12. The van der Waals surface area contributed by atoms with Crippen LogP contribution in [-0.2, 0) is 14.2 Å². The van der Waals surface area contributed by atoms with E-state index in [0.29, 0.717) is 12.5 Å². The van der Waals surface area contributed by atoms with E-state index in [1.54, 1.807) is 7.11 Å². The molecule has 15 heavy (non-hydrogen) atoms. The predicted octanol–water partition coefficient (Wildman–Crippen LogP) is 2.12. The van der Waals surface area contributed by atoms with E-state index in [2.05, 4.69) is 6.58 Å². The number of rotatable bonds is 3. The zero-order valence-corrected chi connectivity index (χ0v) is 9.79. The van der Waals surface area contributed by atoms with Gasteiger partial charge in [0.2, 0.25) is 0 Å². The molecule has 1 aliphatic carbocycles. The van der Waals surface area contributed by atoms with Gasteiger partial charge in [-0.3, -0.25) is 0 Å². The Bertz CT molecular complexity index is 252. The molecule has 0 aromatic heterocycles. The highest BCUT2D eigenvalue weighted by atomic mass is 16.8. The number of methoxy groups -OCH3 is 1. The Hall–Kier alpha value is -0.380. The van der Waals surface area contributed by atoms with Crippen LogP contribution in [0.2, 0.25) is 0 Å². The van der Waals surface area contributed by atoms with Crippen LogP contribution in [0.5, 0.6) is 0 Å². The van der Waals surface area contributed by atoms with Gasteiger partial charge in [0.1, 0.15) is 6.10 Å². The Kier molecular flexibility index (Phi) is 2.88. The molecule has 1 saturated heterocycles. The average molecular weight is 212 g/mol. The summed E-state index contributed by atoms with van der Waals surface area (Å²) in [6, 6.07) is 0. The summed E-state index contributed by atoms with van der Waals surface area (Å²) in [4.78, 5) is 0. The SMILES string of the molecule is C=C1CC([C@H]2OC(C)(C)O[C@H]2COC)C1. The molecule has 0 amide bonds. The van der Waals surface area contributed by atoms with Crippen LogP contribution in [0.15, 0.2) is 12.2 Å². The molecular weight excluding hydrogens is 192 g/mol. The fourth-order valence-electron chi connectivity index (χ4n) is 2.47. The lowest BCUT2D eigenvalue weighted by atomic mass is 9.76. The Morgan fingerprint density at radius 2 is 2.07 bits per heavy atom. The van der Waals surface area contributed by atoms with Gasteiger partial charge in [-0.1, -0.05) is 12.2 Å². The minimum Gasteiger partial charge on any atom is -0.382 e. The van der Waals surface area contributed by atoms with Crippen LogP contribution >= 0.6 is 0 Å². The first-order valence-corrected chi connectivity index (χ1v) is 5.53. The van der Waals surface area contributed by atoms with E-state index in [4.69, 9.17) is 14.2 Å². The first-order chi connectivity index (χ1) is 7.02. The van der Waals surface area contributed by atoms with Crippen molar-refractivity contribution in [3.05, 3.63) is 12.2 Å². The maximum atomic E-state index is 5.92. The molecule has 0 aromatic carbocycles. The Morgan fingerprint density at radius 3 is 2.60 bits per heavy atom. The van der Waals surface area contributed by atoms with Gasteiger partial charge in [-0.2, -0.15) is 0 Å². The zero-order valence-electron chi connectivity index (χ0n) is 9.79. The predicted molar refractivity (Wildman–Crippen MR) is 57.6 cm³/mol. The van der Waals surface area contributed by atoms with Crippen molar-refractivity contribution >= 4 is 0 Å². The smallest absolute Gasteiger partial charge is 0.163 e. The van der Waals surface area contributed by atoms with Gasteiger partial charge in [0, 0.05) is 7.11 Å². The zero-order chi connectivity index (χ0) is 11.1. The molecule has 0 N–H and O–H groups in total. The molecule has 0 bridgehead atoms. The van der Waals surface area contributed by atoms with Crippen LogP contribution in [-0.4, -0.2) is 31.7 Å². The Labute approximate surface area is 91.4 Å². The second-order valence-electron chi connectivity index (χ2n) is 5.01. The maximum Gasteiger partial charge on any atom is 0.163 e. The van der Waals surface area contributed by atoms with Crippen LogP contribution in [0.25, 0.3) is 0 Å². The van der Waals surface area contributed by atoms with Gasteiger partial charge in [-0.15, -0.1) is 0 Å². The lowest BCUT2D eigenvalue weighted by Gasteiger charge is -2.34. The van der Waals surface area contributed by atoms with Crippen LogP contribution < -0.4 is 0 Å². The lowest BCUT2D eigenvalue weighted by Crippen LogP contribution is -2.38. The van der Waals surface area contributed by atoms with E-state index >= 15 is 0 Å². The third-order valence-electron chi connectivity index (χ3n) is 3.12. The molecule has 1 heterocycles. The van der Waals surface area contributed by atoms with Crippen LogP contribution in [0.4, 0.5) is 0 Å². The maximum absolute atomic E-state index is 5.92. The van der Waals surface area contributed by atoms with E-state index in [1.165, 1.54) is 5.57 Å². The summed E-state index contributed by atoms with van der Waals surface area (Å²) in [6.07, 6.45) is 2.39. The van der Waals surface area contributed by atoms with E-state index in [1.807, 2.05) is 13.8 Å². The molecule has 0 radical (unpaired) electrons. The normalized spacial score (nSPS) is 35.5. The molecule has 2 fully saturated rings. The van der Waals surface area contributed by atoms with Crippen molar-refractivity contribution in [2.45, 2.75) is 44.7 Å². The third kappa shape index (κ3) is 2.25. The lowest BCUT2D eigenvalue weighted by molar-refractivity contribution is -0.154. The summed E-state index contributed by atoms with van der Waals surface area (Å²) >= 11 is 0. The highest BCUT2D eigenvalue weighted by molar-refractivity contribution is 5.11. The van der Waals surface area contributed by atoms with Crippen molar-refractivity contribution in [1.29, 1.82) is 0 Å². The molecular formula is C12H20O3. The van der Waals surface area contributed by atoms with Gasteiger partial charge in [-0.25, -0.2) is 0 Å². The van der Waals surface area contributed by atoms with Crippen molar-refractivity contribution in [1.82, 2.24) is 0 Å². The van der Waals surface area contributed by atoms with Crippen molar-refractivity contribution < 1.29 is 14.2 Å². The van der Waals surface area contributed by atoms with Gasteiger partial charge in [0.25, 0.3) is 0 Å². The minimum absolute atomic E-state index is 0.0723. The number of allylic oxidation sites excluding steroid dienone is 1. The number of hydrogen-bond donors (Lipinski definition) is 0. The summed E-state index contributed by atoms with van der Waals surface area (Å²) in [5.41, 5.74) is 1.32. The first kappa shape index (κ1) is 11.1. The molecule has 1 saturated carbocycles. The van der Waals surface area contributed by atoms with Gasteiger partial charge in [0.15, 0.2) is 5.79 Å². The van der Waals surface area contributed by atoms with Crippen molar-refractivity contribution in [3.63, 3.8) is 0 Å². The van der Waals surface area contributed by atoms with E-state index < -0.39 is 5.79 Å². The summed E-state index contributed by atoms with van der Waals surface area (Å²) in [5, 5.41) is 0. The molecule has 86 valence electrons. The van der Waals surface area contributed by atoms with Crippen molar-refractivity contribution in [2.24, 2.45) is 5.92 Å². The molecule has 1 aliphatic heterocycles. The second kappa shape index (κ2) is 3.89. The first-order valence-electron chi connectivity index (χ1n) is 5.53. The molecule has 0 spiro atoms. The van der Waals surface area contributed by atoms with Crippen molar-refractivity contribution in [2.75, 3.05) is 13.7 Å². The van der Waals surface area contributed by atoms with Gasteiger partial charge in [-0.05, 0) is 32.6 Å². The highest BCUT2D eigenvalue weighted by Gasteiger charge is 2.47. The van der Waals surface area contributed by atoms with E-state index in [0.717, 1.165) is 12.8 Å². The van der Waals surface area contributed by atoms with Gasteiger partial charge < -0.3 is 14.2 Å². The average Bonchev–Trinajstić information content (AvgIpc) is 2.36.